The van der Waals surface area contributed by atoms with Crippen molar-refractivity contribution in [3.8, 4) is 45.3 Å². The van der Waals surface area contributed by atoms with Crippen LogP contribution in [0, 0.1) is 14.3 Å². The Morgan fingerprint density at radius 3 is 1.02 bits per heavy atom. The Morgan fingerprint density at radius 2 is 0.661 bits per heavy atom. The van der Waals surface area contributed by atoms with Crippen molar-refractivity contribution in [1.82, 2.24) is 0 Å². The monoisotopic (exact) mass is 1210 g/mol. The first kappa shape index (κ1) is 41.6. The van der Waals surface area contributed by atoms with Crippen molar-refractivity contribution in [3.05, 3.63) is 83.1 Å². The Morgan fingerprint density at radius 1 is 0.375 bits per heavy atom. The molecule has 10 heteroatoms. The van der Waals surface area contributed by atoms with E-state index in [1.54, 1.807) is 0 Å². The second-order valence-corrected chi connectivity index (χ2v) is 20.2. The predicted molar refractivity (Wildman–Crippen MR) is 257 cm³/mol. The number of halogens is 4. The Bertz CT molecular complexity index is 1960. The molecule has 298 valence electrons. The molecule has 4 aromatic carbocycles. The van der Waals surface area contributed by atoms with Crippen LogP contribution in [0.3, 0.4) is 0 Å². The van der Waals surface area contributed by atoms with Gasteiger partial charge in [0.15, 0.2) is 0 Å². The number of hydrogen-bond acceptors (Lipinski definition) is 6. The Hall–Kier alpha value is -1.08. The number of rotatable bonds is 13. The first-order valence-electron chi connectivity index (χ1n) is 20.5. The van der Waals surface area contributed by atoms with Gasteiger partial charge in [-0.1, -0.05) is 0 Å². The van der Waals surface area contributed by atoms with Gasteiger partial charge in [-0.05, 0) is 262 Å². The van der Waals surface area contributed by atoms with Crippen LogP contribution in [0.4, 0.5) is 0 Å². The maximum atomic E-state index is 11.6. The summed E-state index contributed by atoms with van der Waals surface area (Å²) in [4.78, 5) is 0. The molecule has 0 saturated carbocycles. The number of aryl methyl sites for hydroxylation is 4. The van der Waals surface area contributed by atoms with Crippen molar-refractivity contribution in [2.75, 3.05) is 39.6 Å². The molecule has 0 fully saturated rings. The third-order valence-corrected chi connectivity index (χ3v) is 15.3. The highest BCUT2D eigenvalue weighted by Gasteiger charge is 2.30. The van der Waals surface area contributed by atoms with E-state index in [9.17, 15) is 10.2 Å². The van der Waals surface area contributed by atoms with Crippen LogP contribution in [0.15, 0.2) is 24.3 Å². The molecule has 0 aliphatic heterocycles. The first-order chi connectivity index (χ1) is 27.3. The van der Waals surface area contributed by atoms with E-state index >= 15 is 0 Å². The molecule has 4 aromatic rings. The Kier molecular flexibility index (Phi) is 14.2. The van der Waals surface area contributed by atoms with Gasteiger partial charge in [-0.2, -0.15) is 0 Å². The molecule has 0 aromatic heterocycles. The van der Waals surface area contributed by atoms with E-state index in [2.05, 4.69) is 115 Å². The number of benzene rings is 4. The lowest BCUT2D eigenvalue weighted by Crippen LogP contribution is -2.16. The fraction of sp³-hybridized carbons (Fsp3) is 0.478. The summed E-state index contributed by atoms with van der Waals surface area (Å²) in [6.45, 7) is 2.67. The van der Waals surface area contributed by atoms with E-state index in [1.165, 1.54) is 70.2 Å². The largest absolute Gasteiger partial charge is 0.506 e. The quantitative estimate of drug-likeness (QED) is 0.103. The van der Waals surface area contributed by atoms with Crippen molar-refractivity contribution < 1.29 is 29.2 Å². The minimum Gasteiger partial charge on any atom is -0.506 e. The summed E-state index contributed by atoms with van der Waals surface area (Å²) in [7, 11) is 0. The lowest BCUT2D eigenvalue weighted by Gasteiger charge is -2.28. The van der Waals surface area contributed by atoms with Crippen LogP contribution >= 0.6 is 90.4 Å². The van der Waals surface area contributed by atoms with Crippen LogP contribution in [0.2, 0.25) is 0 Å². The van der Waals surface area contributed by atoms with Crippen LogP contribution < -0.4 is 9.47 Å². The van der Waals surface area contributed by atoms with Gasteiger partial charge in [-0.3, -0.25) is 0 Å². The average Bonchev–Trinajstić information content (AvgIpc) is 3.20. The van der Waals surface area contributed by atoms with Crippen molar-refractivity contribution in [1.29, 1.82) is 0 Å². The number of phenolic OH excluding ortho intramolecular Hbond substituents is 2. The van der Waals surface area contributed by atoms with E-state index in [1.807, 2.05) is 0 Å². The molecule has 0 heterocycles. The van der Waals surface area contributed by atoms with Gasteiger partial charge in [0.2, 0.25) is 0 Å². The van der Waals surface area contributed by atoms with Crippen LogP contribution in [0.5, 0.6) is 23.0 Å². The molecule has 4 aliphatic carbocycles. The number of aromatic hydroxyl groups is 2. The van der Waals surface area contributed by atoms with Gasteiger partial charge in [0.25, 0.3) is 0 Å². The average molecular weight is 1210 g/mol. The molecular formula is C46H50I4O6. The third kappa shape index (κ3) is 8.72. The lowest BCUT2D eigenvalue weighted by atomic mass is 9.80. The van der Waals surface area contributed by atoms with E-state index < -0.39 is 0 Å². The molecule has 0 saturated heterocycles. The van der Waals surface area contributed by atoms with E-state index in [0.29, 0.717) is 51.1 Å². The summed E-state index contributed by atoms with van der Waals surface area (Å²) < 4.78 is 29.2. The van der Waals surface area contributed by atoms with Gasteiger partial charge >= 0.3 is 0 Å². The van der Waals surface area contributed by atoms with Crippen LogP contribution in [0.1, 0.15) is 95.9 Å². The smallest absolute Gasteiger partial charge is 0.141 e. The van der Waals surface area contributed by atoms with Crippen molar-refractivity contribution in [2.24, 2.45) is 0 Å². The Labute approximate surface area is 386 Å². The van der Waals surface area contributed by atoms with Gasteiger partial charge < -0.3 is 29.2 Å². The highest BCUT2D eigenvalue weighted by atomic mass is 127. The highest BCUT2D eigenvalue weighted by molar-refractivity contribution is 14.1. The zero-order valence-corrected chi connectivity index (χ0v) is 40.5. The first-order valence-corrected chi connectivity index (χ1v) is 24.8. The van der Waals surface area contributed by atoms with E-state index in [0.717, 1.165) is 125 Å². The van der Waals surface area contributed by atoms with Gasteiger partial charge in [-0.25, -0.2) is 0 Å². The van der Waals surface area contributed by atoms with E-state index in [4.69, 9.17) is 18.9 Å². The summed E-state index contributed by atoms with van der Waals surface area (Å²) in [5, 5.41) is 23.2. The number of hydrogen-bond donors (Lipinski definition) is 2. The minimum atomic E-state index is 0.396. The van der Waals surface area contributed by atoms with Crippen molar-refractivity contribution in [3.63, 3.8) is 0 Å². The van der Waals surface area contributed by atoms with Gasteiger partial charge in [0.05, 0.1) is 40.7 Å². The second kappa shape index (κ2) is 19.1. The molecule has 0 unspecified atom stereocenters. The second-order valence-electron chi connectivity index (χ2n) is 15.6. The summed E-state index contributed by atoms with van der Waals surface area (Å²) in [6, 6.07) is 8.97. The zero-order chi connectivity index (χ0) is 38.8. The zero-order valence-electron chi connectivity index (χ0n) is 31.9. The number of phenols is 2. The number of fused-ring (bicyclic) bond motifs is 4. The van der Waals surface area contributed by atoms with Gasteiger partial charge in [0.1, 0.15) is 36.2 Å². The fourth-order valence-electron chi connectivity index (χ4n) is 9.49. The van der Waals surface area contributed by atoms with Crippen LogP contribution in [-0.4, -0.2) is 49.9 Å². The number of ether oxygens (including phenoxy) is 4. The summed E-state index contributed by atoms with van der Waals surface area (Å²) in [5.41, 5.74) is 15.1. The SMILES string of the molecule is Oc1c(I)cc2c(c1-c1c3c(cc(I)c1OCCOCCOCCOc1c(I)cc4c(c1-c1c(O)c(I)cc5c1CCCC5)CCCC4)CCCC3)CCCC2. The minimum absolute atomic E-state index is 0.396. The molecule has 0 spiro atoms. The summed E-state index contributed by atoms with van der Waals surface area (Å²) in [6.07, 6.45) is 17.7. The van der Waals surface area contributed by atoms with E-state index in [-0.39, 0.29) is 0 Å². The molecule has 2 N–H and O–H groups in total. The van der Waals surface area contributed by atoms with Crippen LogP contribution in [-0.2, 0) is 60.8 Å². The molecule has 6 nitrogen and oxygen atoms in total. The maximum Gasteiger partial charge on any atom is 0.141 e. The maximum absolute atomic E-state index is 11.6. The Balaban J connectivity index is 0.896. The molecule has 0 atom stereocenters. The fourth-order valence-corrected chi connectivity index (χ4v) is 12.4. The third-order valence-electron chi connectivity index (χ3n) is 12.1. The van der Waals surface area contributed by atoms with Gasteiger partial charge in [-0.15, -0.1) is 0 Å². The van der Waals surface area contributed by atoms with Crippen LogP contribution in [0.25, 0.3) is 22.3 Å². The van der Waals surface area contributed by atoms with Gasteiger partial charge in [0, 0.05) is 22.3 Å². The molecule has 0 bridgehead atoms. The molecular weight excluding hydrogens is 1160 g/mol. The predicted octanol–water partition coefficient (Wildman–Crippen LogP) is 11.9. The molecule has 0 amide bonds. The summed E-state index contributed by atoms with van der Waals surface area (Å²) in [5.74, 6) is 2.55. The standard InChI is InChI=1S/C46H50I4O6/c47-35-23-27-9-1-5-13-31(27)39(43(35)51)41-33-15-7-3-11-29(33)25-37(49)45(41)55-21-19-53-17-18-54-20-22-56-46-38(50)26-30-12-4-8-16-34(30)42(46)40-32-14-6-2-10-28(32)24-36(48)44(40)52/h23-26,51-52H,1-22H2. The van der Waals surface area contributed by atoms with Crippen molar-refractivity contribution >= 4 is 90.4 Å². The topological polar surface area (TPSA) is 77.4 Å². The molecule has 8 rings (SSSR count). The molecule has 4 aliphatic rings. The highest BCUT2D eigenvalue weighted by Crippen LogP contribution is 2.51. The lowest BCUT2D eigenvalue weighted by molar-refractivity contribution is 0.0273. The normalized spacial score (nSPS) is 16.1. The molecule has 56 heavy (non-hydrogen) atoms. The summed E-state index contributed by atoms with van der Waals surface area (Å²) >= 11 is 9.44. The molecule has 0 radical (unpaired) electrons. The van der Waals surface area contributed by atoms with Crippen molar-refractivity contribution in [2.45, 2.75) is 103 Å².